The van der Waals surface area contributed by atoms with Gasteiger partial charge >= 0.3 is 0 Å². The average Bonchev–Trinajstić information content (AvgIpc) is 2.44. The van der Waals surface area contributed by atoms with Crippen LogP contribution in [0, 0.1) is 0 Å². The first-order chi connectivity index (χ1) is 9.54. The van der Waals surface area contributed by atoms with E-state index in [1.165, 1.54) is 12.0 Å². The standard InChI is InChI=1S/C17H31N3/c1-15(16-9-6-5-7-10-16)13-17(14-18)20(4)12-8-11-19(2)3/h5-7,9-10,15,17H,8,11-14,18H2,1-4H3. The summed E-state index contributed by atoms with van der Waals surface area (Å²) in [7, 11) is 6.45. The molecule has 0 amide bonds. The van der Waals surface area contributed by atoms with E-state index in [2.05, 4.69) is 68.2 Å². The number of benzene rings is 1. The van der Waals surface area contributed by atoms with Gasteiger partial charge in [-0.25, -0.2) is 0 Å². The third kappa shape index (κ3) is 6.04. The van der Waals surface area contributed by atoms with Crippen molar-refractivity contribution in [2.45, 2.75) is 31.7 Å². The van der Waals surface area contributed by atoms with E-state index in [1.807, 2.05) is 0 Å². The summed E-state index contributed by atoms with van der Waals surface area (Å²) in [6.45, 7) is 5.28. The first-order valence-corrected chi connectivity index (χ1v) is 7.64. The lowest BCUT2D eigenvalue weighted by molar-refractivity contribution is 0.215. The van der Waals surface area contributed by atoms with Crippen molar-refractivity contribution < 1.29 is 0 Å². The summed E-state index contributed by atoms with van der Waals surface area (Å²) >= 11 is 0. The van der Waals surface area contributed by atoms with Crippen LogP contribution in [0.2, 0.25) is 0 Å². The van der Waals surface area contributed by atoms with Crippen LogP contribution >= 0.6 is 0 Å². The van der Waals surface area contributed by atoms with E-state index in [1.54, 1.807) is 0 Å². The van der Waals surface area contributed by atoms with Gasteiger partial charge in [0.2, 0.25) is 0 Å². The first-order valence-electron chi connectivity index (χ1n) is 7.64. The van der Waals surface area contributed by atoms with E-state index >= 15 is 0 Å². The molecule has 0 heterocycles. The Morgan fingerprint density at radius 2 is 1.70 bits per heavy atom. The summed E-state index contributed by atoms with van der Waals surface area (Å²) in [5.74, 6) is 0.557. The van der Waals surface area contributed by atoms with Gasteiger partial charge in [-0.2, -0.15) is 0 Å². The molecule has 0 spiro atoms. The van der Waals surface area contributed by atoms with Crippen molar-refractivity contribution in [1.29, 1.82) is 0 Å². The number of likely N-dealkylation sites (N-methyl/N-ethyl adjacent to an activating group) is 1. The number of hydrogen-bond donors (Lipinski definition) is 1. The molecule has 0 bridgehead atoms. The fourth-order valence-electron chi connectivity index (χ4n) is 2.60. The monoisotopic (exact) mass is 277 g/mol. The van der Waals surface area contributed by atoms with Crippen LogP contribution in [0.3, 0.4) is 0 Å². The molecular formula is C17H31N3. The van der Waals surface area contributed by atoms with Crippen LogP contribution in [0.1, 0.15) is 31.2 Å². The molecule has 0 radical (unpaired) electrons. The van der Waals surface area contributed by atoms with Gasteiger partial charge in [-0.3, -0.25) is 0 Å². The lowest BCUT2D eigenvalue weighted by Crippen LogP contribution is -2.40. The van der Waals surface area contributed by atoms with E-state index < -0.39 is 0 Å². The summed E-state index contributed by atoms with van der Waals surface area (Å²) in [6.07, 6.45) is 2.32. The van der Waals surface area contributed by atoms with Gasteiger partial charge in [-0.05, 0) is 58.6 Å². The lowest BCUT2D eigenvalue weighted by Gasteiger charge is -2.29. The molecule has 3 heteroatoms. The third-order valence-electron chi connectivity index (χ3n) is 4.01. The van der Waals surface area contributed by atoms with Gasteiger partial charge in [0, 0.05) is 12.6 Å². The zero-order valence-electron chi connectivity index (χ0n) is 13.5. The summed E-state index contributed by atoms with van der Waals surface area (Å²) in [6, 6.07) is 11.2. The highest BCUT2D eigenvalue weighted by Crippen LogP contribution is 2.21. The predicted octanol–water partition coefficient (Wildman–Crippen LogP) is 2.39. The van der Waals surface area contributed by atoms with Crippen LogP contribution in [-0.2, 0) is 0 Å². The highest BCUT2D eigenvalue weighted by molar-refractivity contribution is 5.18. The summed E-state index contributed by atoms with van der Waals surface area (Å²) < 4.78 is 0. The molecule has 0 fully saturated rings. The lowest BCUT2D eigenvalue weighted by atomic mass is 9.93. The number of nitrogens with two attached hydrogens (primary N) is 1. The van der Waals surface area contributed by atoms with Gasteiger partial charge in [0.05, 0.1) is 0 Å². The summed E-state index contributed by atoms with van der Waals surface area (Å²) in [4.78, 5) is 4.65. The molecule has 0 saturated heterocycles. The minimum absolute atomic E-state index is 0.465. The molecule has 1 aromatic rings. The normalized spacial score (nSPS) is 14.8. The molecular weight excluding hydrogens is 246 g/mol. The molecule has 0 aromatic heterocycles. The van der Waals surface area contributed by atoms with E-state index in [9.17, 15) is 0 Å². The largest absolute Gasteiger partial charge is 0.329 e. The van der Waals surface area contributed by atoms with Crippen LogP contribution in [0.25, 0.3) is 0 Å². The zero-order valence-corrected chi connectivity index (χ0v) is 13.5. The van der Waals surface area contributed by atoms with Gasteiger partial charge in [-0.15, -0.1) is 0 Å². The van der Waals surface area contributed by atoms with E-state index in [0.29, 0.717) is 12.0 Å². The summed E-state index contributed by atoms with van der Waals surface area (Å²) in [5, 5.41) is 0. The molecule has 1 aromatic carbocycles. The molecule has 2 unspecified atom stereocenters. The SMILES string of the molecule is CC(CC(CN)N(C)CCCN(C)C)c1ccccc1. The van der Waals surface area contributed by atoms with Gasteiger partial charge in [0.15, 0.2) is 0 Å². The van der Waals surface area contributed by atoms with Crippen LogP contribution in [-0.4, -0.2) is 56.6 Å². The second-order valence-electron chi connectivity index (χ2n) is 6.07. The molecule has 114 valence electrons. The van der Waals surface area contributed by atoms with E-state index in [0.717, 1.165) is 26.1 Å². The van der Waals surface area contributed by atoms with Crippen LogP contribution < -0.4 is 5.73 Å². The third-order valence-corrected chi connectivity index (χ3v) is 4.01. The maximum atomic E-state index is 5.98. The number of rotatable bonds is 9. The fourth-order valence-corrected chi connectivity index (χ4v) is 2.60. The Morgan fingerprint density at radius 1 is 1.05 bits per heavy atom. The predicted molar refractivity (Wildman–Crippen MR) is 88.1 cm³/mol. The minimum atomic E-state index is 0.465. The van der Waals surface area contributed by atoms with Gasteiger partial charge in [-0.1, -0.05) is 37.3 Å². The van der Waals surface area contributed by atoms with Crippen molar-refractivity contribution in [2.75, 3.05) is 40.8 Å². The van der Waals surface area contributed by atoms with E-state index in [4.69, 9.17) is 5.73 Å². The van der Waals surface area contributed by atoms with Crippen LogP contribution in [0.15, 0.2) is 30.3 Å². The molecule has 0 aliphatic carbocycles. The van der Waals surface area contributed by atoms with Gasteiger partial charge in [0.25, 0.3) is 0 Å². The molecule has 2 atom stereocenters. The highest BCUT2D eigenvalue weighted by atomic mass is 15.1. The Kier molecular flexibility index (Phi) is 7.82. The quantitative estimate of drug-likeness (QED) is 0.752. The molecule has 20 heavy (non-hydrogen) atoms. The van der Waals surface area contributed by atoms with Crippen molar-refractivity contribution in [3.63, 3.8) is 0 Å². The molecule has 1 rings (SSSR count). The number of hydrogen-bond acceptors (Lipinski definition) is 3. The van der Waals surface area contributed by atoms with Crippen LogP contribution in [0.5, 0.6) is 0 Å². The molecule has 0 aliphatic heterocycles. The zero-order chi connectivity index (χ0) is 15.0. The Balaban J connectivity index is 2.45. The molecule has 0 aliphatic rings. The van der Waals surface area contributed by atoms with Gasteiger partial charge in [0.1, 0.15) is 0 Å². The van der Waals surface area contributed by atoms with Crippen molar-refractivity contribution >= 4 is 0 Å². The maximum absolute atomic E-state index is 5.98. The molecule has 3 nitrogen and oxygen atoms in total. The minimum Gasteiger partial charge on any atom is -0.329 e. The Bertz CT molecular complexity index is 351. The van der Waals surface area contributed by atoms with Crippen LogP contribution in [0.4, 0.5) is 0 Å². The Hall–Kier alpha value is -0.900. The van der Waals surface area contributed by atoms with Crippen molar-refractivity contribution in [3.05, 3.63) is 35.9 Å². The Labute approximate surface area is 124 Å². The number of nitrogens with zero attached hydrogens (tertiary/aromatic N) is 2. The topological polar surface area (TPSA) is 32.5 Å². The summed E-state index contributed by atoms with van der Waals surface area (Å²) in [5.41, 5.74) is 7.39. The average molecular weight is 277 g/mol. The molecule has 0 saturated carbocycles. The smallest absolute Gasteiger partial charge is 0.0221 e. The second-order valence-corrected chi connectivity index (χ2v) is 6.07. The van der Waals surface area contributed by atoms with E-state index in [-0.39, 0.29) is 0 Å². The first kappa shape index (κ1) is 17.2. The Morgan fingerprint density at radius 3 is 2.25 bits per heavy atom. The highest BCUT2D eigenvalue weighted by Gasteiger charge is 2.17. The fraction of sp³-hybridized carbons (Fsp3) is 0.647. The van der Waals surface area contributed by atoms with Crippen molar-refractivity contribution in [2.24, 2.45) is 5.73 Å². The van der Waals surface area contributed by atoms with Crippen molar-refractivity contribution in [1.82, 2.24) is 9.80 Å². The second kappa shape index (κ2) is 9.11. The van der Waals surface area contributed by atoms with Gasteiger partial charge < -0.3 is 15.5 Å². The van der Waals surface area contributed by atoms with Crippen molar-refractivity contribution in [3.8, 4) is 0 Å². The molecule has 2 N–H and O–H groups in total. The maximum Gasteiger partial charge on any atom is 0.0221 e.